The number of rotatable bonds is 1. The lowest BCUT2D eigenvalue weighted by Gasteiger charge is -1.98. The zero-order valence-electron chi connectivity index (χ0n) is 5.56. The first kappa shape index (κ1) is 7.48. The normalized spacial score (nSPS) is 9.90. The van der Waals surface area contributed by atoms with Gasteiger partial charge in [-0.25, -0.2) is 4.39 Å². The van der Waals surface area contributed by atoms with Gasteiger partial charge in [-0.2, -0.15) is 0 Å². The van der Waals surface area contributed by atoms with Crippen LogP contribution in [0.25, 0.3) is 0 Å². The second-order valence-corrected chi connectivity index (χ2v) is 2.27. The Kier molecular flexibility index (Phi) is 2.22. The Labute approximate surface area is 63.8 Å². The molecule has 0 amide bonds. The number of pyridine rings is 1. The summed E-state index contributed by atoms with van der Waals surface area (Å²) in [6, 6.07) is 1.58. The Morgan fingerprint density at radius 1 is 1.70 bits per heavy atom. The van der Waals surface area contributed by atoms with E-state index >= 15 is 0 Å². The summed E-state index contributed by atoms with van der Waals surface area (Å²) in [5.41, 5.74) is 0.910. The Morgan fingerprint density at radius 3 is 2.90 bits per heavy atom. The molecule has 1 rings (SSSR count). The quantitative estimate of drug-likeness (QED) is 0.573. The number of halogens is 2. The average Bonchev–Trinajstić information content (AvgIpc) is 1.95. The van der Waals surface area contributed by atoms with Gasteiger partial charge in [-0.3, -0.25) is 4.98 Å². The first-order chi connectivity index (χ1) is 4.75. The summed E-state index contributed by atoms with van der Waals surface area (Å²) in [6.45, 7) is 1.62. The van der Waals surface area contributed by atoms with Crippen molar-refractivity contribution in [1.82, 2.24) is 4.98 Å². The van der Waals surface area contributed by atoms with Crippen LogP contribution in [0.3, 0.4) is 0 Å². The molecule has 0 aliphatic rings. The lowest BCUT2D eigenvalue weighted by molar-refractivity contribution is 0.599. The summed E-state index contributed by atoms with van der Waals surface area (Å²) in [6.07, 6.45) is 1.55. The van der Waals surface area contributed by atoms with Crippen LogP contribution < -0.4 is 0 Å². The van der Waals surface area contributed by atoms with E-state index in [0.29, 0.717) is 11.3 Å². The SMILES string of the molecule is Cc1nccc(CCl)c1F. The van der Waals surface area contributed by atoms with Crippen LogP contribution in [0.1, 0.15) is 11.3 Å². The summed E-state index contributed by atoms with van der Waals surface area (Å²) in [5.74, 6) is -0.0904. The number of alkyl halides is 1. The molecule has 0 aliphatic heterocycles. The van der Waals surface area contributed by atoms with Crippen LogP contribution in [0.2, 0.25) is 0 Å². The minimum atomic E-state index is -0.294. The van der Waals surface area contributed by atoms with E-state index in [0.717, 1.165) is 0 Å². The van der Waals surface area contributed by atoms with Crippen molar-refractivity contribution in [1.29, 1.82) is 0 Å². The van der Waals surface area contributed by atoms with Crippen LogP contribution in [-0.2, 0) is 5.88 Å². The van der Waals surface area contributed by atoms with Crippen molar-refractivity contribution in [3.05, 3.63) is 29.3 Å². The summed E-state index contributed by atoms with van der Waals surface area (Å²) in [5, 5.41) is 0. The predicted molar refractivity (Wildman–Crippen MR) is 38.5 cm³/mol. The van der Waals surface area contributed by atoms with Crippen LogP contribution in [0.5, 0.6) is 0 Å². The molecule has 0 radical (unpaired) electrons. The van der Waals surface area contributed by atoms with E-state index in [1.165, 1.54) is 0 Å². The minimum Gasteiger partial charge on any atom is -0.259 e. The first-order valence-corrected chi connectivity index (χ1v) is 3.45. The standard InChI is InChI=1S/C7H7ClFN/c1-5-7(9)6(4-8)2-3-10-5/h2-3H,4H2,1H3. The van der Waals surface area contributed by atoms with Gasteiger partial charge in [0, 0.05) is 11.8 Å². The van der Waals surface area contributed by atoms with Crippen molar-refractivity contribution in [2.45, 2.75) is 12.8 Å². The fourth-order valence-electron chi connectivity index (χ4n) is 0.704. The molecule has 1 aromatic rings. The van der Waals surface area contributed by atoms with Crippen LogP contribution in [0.4, 0.5) is 4.39 Å². The molecule has 0 bridgehead atoms. The minimum absolute atomic E-state index is 0.204. The number of aromatic nitrogens is 1. The van der Waals surface area contributed by atoms with E-state index < -0.39 is 0 Å². The Balaban J connectivity index is 3.14. The highest BCUT2D eigenvalue weighted by Gasteiger charge is 2.02. The van der Waals surface area contributed by atoms with Crippen LogP contribution >= 0.6 is 11.6 Å². The van der Waals surface area contributed by atoms with Gasteiger partial charge in [0.15, 0.2) is 0 Å². The molecule has 0 saturated carbocycles. The fourth-order valence-corrected chi connectivity index (χ4v) is 0.911. The smallest absolute Gasteiger partial charge is 0.148 e. The van der Waals surface area contributed by atoms with E-state index in [9.17, 15) is 4.39 Å². The predicted octanol–water partition coefficient (Wildman–Crippen LogP) is 2.27. The lowest BCUT2D eigenvalue weighted by atomic mass is 10.2. The molecule has 0 spiro atoms. The molecule has 0 aliphatic carbocycles. The zero-order chi connectivity index (χ0) is 7.56. The van der Waals surface area contributed by atoms with Gasteiger partial charge in [0.1, 0.15) is 5.82 Å². The van der Waals surface area contributed by atoms with Gasteiger partial charge < -0.3 is 0 Å². The zero-order valence-corrected chi connectivity index (χ0v) is 6.32. The maximum Gasteiger partial charge on any atom is 0.148 e. The van der Waals surface area contributed by atoms with Crippen LogP contribution in [0.15, 0.2) is 12.3 Å². The second-order valence-electron chi connectivity index (χ2n) is 2.00. The van der Waals surface area contributed by atoms with Crippen molar-refractivity contribution < 1.29 is 4.39 Å². The van der Waals surface area contributed by atoms with Gasteiger partial charge in [-0.15, -0.1) is 11.6 Å². The van der Waals surface area contributed by atoms with Crippen molar-refractivity contribution in [3.63, 3.8) is 0 Å². The van der Waals surface area contributed by atoms with Crippen LogP contribution in [-0.4, -0.2) is 4.98 Å². The Hall–Kier alpha value is -0.630. The molecule has 0 saturated heterocycles. The molecule has 1 heterocycles. The lowest BCUT2D eigenvalue weighted by Crippen LogP contribution is -1.92. The molecular weight excluding hydrogens is 153 g/mol. The summed E-state index contributed by atoms with van der Waals surface area (Å²) < 4.78 is 12.9. The molecule has 3 heteroatoms. The molecule has 0 N–H and O–H groups in total. The molecule has 0 unspecified atom stereocenters. The highest BCUT2D eigenvalue weighted by Crippen LogP contribution is 2.10. The highest BCUT2D eigenvalue weighted by molar-refractivity contribution is 6.17. The Morgan fingerprint density at radius 2 is 2.40 bits per heavy atom. The number of aryl methyl sites for hydroxylation is 1. The number of hydrogen-bond acceptors (Lipinski definition) is 1. The largest absolute Gasteiger partial charge is 0.259 e. The van der Waals surface area contributed by atoms with E-state index in [-0.39, 0.29) is 11.7 Å². The van der Waals surface area contributed by atoms with E-state index in [2.05, 4.69) is 4.98 Å². The Bertz CT molecular complexity index is 237. The monoisotopic (exact) mass is 159 g/mol. The highest BCUT2D eigenvalue weighted by atomic mass is 35.5. The van der Waals surface area contributed by atoms with Crippen LogP contribution in [0, 0.1) is 12.7 Å². The van der Waals surface area contributed by atoms with E-state index in [4.69, 9.17) is 11.6 Å². The molecule has 1 nitrogen and oxygen atoms in total. The van der Waals surface area contributed by atoms with Crippen molar-refractivity contribution in [2.24, 2.45) is 0 Å². The molecule has 0 aromatic carbocycles. The third-order valence-corrected chi connectivity index (χ3v) is 1.58. The maximum absolute atomic E-state index is 12.9. The van der Waals surface area contributed by atoms with Crippen molar-refractivity contribution in [3.8, 4) is 0 Å². The fraction of sp³-hybridized carbons (Fsp3) is 0.286. The molecule has 1 aromatic heterocycles. The molecule has 0 fully saturated rings. The molecule has 54 valence electrons. The third kappa shape index (κ3) is 1.27. The van der Waals surface area contributed by atoms with Gasteiger partial charge >= 0.3 is 0 Å². The summed E-state index contributed by atoms with van der Waals surface area (Å²) in [4.78, 5) is 3.75. The van der Waals surface area contributed by atoms with Gasteiger partial charge in [-0.05, 0) is 13.0 Å². The van der Waals surface area contributed by atoms with Crippen molar-refractivity contribution >= 4 is 11.6 Å². The summed E-state index contributed by atoms with van der Waals surface area (Å²) in [7, 11) is 0. The van der Waals surface area contributed by atoms with Gasteiger partial charge in [0.05, 0.1) is 11.6 Å². The third-order valence-electron chi connectivity index (χ3n) is 1.29. The number of hydrogen-bond donors (Lipinski definition) is 0. The molecule has 10 heavy (non-hydrogen) atoms. The maximum atomic E-state index is 12.9. The van der Waals surface area contributed by atoms with E-state index in [1.54, 1.807) is 19.2 Å². The second kappa shape index (κ2) is 2.97. The van der Waals surface area contributed by atoms with Gasteiger partial charge in [-0.1, -0.05) is 0 Å². The molecule has 0 atom stereocenters. The summed E-state index contributed by atoms with van der Waals surface area (Å²) >= 11 is 5.44. The topological polar surface area (TPSA) is 12.9 Å². The van der Waals surface area contributed by atoms with Gasteiger partial charge in [0.25, 0.3) is 0 Å². The number of nitrogens with zero attached hydrogens (tertiary/aromatic N) is 1. The average molecular weight is 160 g/mol. The molecular formula is C7H7ClFN. The first-order valence-electron chi connectivity index (χ1n) is 2.91. The van der Waals surface area contributed by atoms with E-state index in [1.807, 2.05) is 0 Å². The van der Waals surface area contributed by atoms with Crippen molar-refractivity contribution in [2.75, 3.05) is 0 Å². The van der Waals surface area contributed by atoms with Gasteiger partial charge in [0.2, 0.25) is 0 Å².